The molecule has 100 valence electrons. The van der Waals surface area contributed by atoms with E-state index in [9.17, 15) is 4.79 Å². The second-order valence-electron chi connectivity index (χ2n) is 4.32. The van der Waals surface area contributed by atoms with Crippen LogP contribution in [0.1, 0.15) is 0 Å². The first-order chi connectivity index (χ1) is 9.65. The first kappa shape index (κ1) is 12.1. The van der Waals surface area contributed by atoms with Crippen LogP contribution in [-0.2, 0) is 7.05 Å². The van der Waals surface area contributed by atoms with Gasteiger partial charge >= 0.3 is 0 Å². The molecule has 0 aliphatic rings. The van der Waals surface area contributed by atoms with Gasteiger partial charge in [0.15, 0.2) is 5.82 Å². The molecule has 3 heterocycles. The normalized spacial score (nSPS) is 10.7. The van der Waals surface area contributed by atoms with E-state index in [0.717, 1.165) is 5.39 Å². The molecule has 20 heavy (non-hydrogen) atoms. The van der Waals surface area contributed by atoms with E-state index in [1.54, 1.807) is 37.6 Å². The lowest BCUT2D eigenvalue weighted by molar-refractivity contribution is 0.873. The summed E-state index contributed by atoms with van der Waals surface area (Å²) in [6.07, 6.45) is 3.27. The maximum Gasteiger partial charge on any atom is 0.261 e. The molecule has 3 aromatic heterocycles. The number of hydrogen-bond acceptors (Lipinski definition) is 6. The predicted molar refractivity (Wildman–Crippen MR) is 76.7 cm³/mol. The van der Waals surface area contributed by atoms with Gasteiger partial charge in [-0.15, -0.1) is 5.10 Å². The fraction of sp³-hybridized carbons (Fsp3) is 0.0769. The van der Waals surface area contributed by atoms with Gasteiger partial charge in [-0.1, -0.05) is 0 Å². The molecule has 0 unspecified atom stereocenters. The van der Waals surface area contributed by atoms with E-state index in [1.807, 2.05) is 6.07 Å². The number of anilines is 3. The monoisotopic (exact) mass is 268 g/mol. The van der Waals surface area contributed by atoms with Gasteiger partial charge in [0.05, 0.1) is 5.39 Å². The van der Waals surface area contributed by atoms with Gasteiger partial charge < -0.3 is 15.6 Å². The quantitative estimate of drug-likeness (QED) is 0.720. The van der Waals surface area contributed by atoms with E-state index in [4.69, 9.17) is 5.73 Å². The van der Waals surface area contributed by atoms with Gasteiger partial charge in [0.2, 0.25) is 0 Å². The van der Waals surface area contributed by atoms with Crippen LogP contribution >= 0.6 is 0 Å². The van der Waals surface area contributed by atoms with Crippen LogP contribution in [0.3, 0.4) is 0 Å². The van der Waals surface area contributed by atoms with E-state index in [2.05, 4.69) is 20.5 Å². The zero-order valence-electron chi connectivity index (χ0n) is 10.7. The maximum atomic E-state index is 12.0. The first-order valence-corrected chi connectivity index (χ1v) is 5.96. The van der Waals surface area contributed by atoms with E-state index < -0.39 is 0 Å². The van der Waals surface area contributed by atoms with Crippen molar-refractivity contribution in [2.24, 2.45) is 7.05 Å². The van der Waals surface area contributed by atoms with Crippen molar-refractivity contribution in [3.8, 4) is 0 Å². The lowest BCUT2D eigenvalue weighted by atomic mass is 10.2. The summed E-state index contributed by atoms with van der Waals surface area (Å²) >= 11 is 0. The molecule has 0 aromatic carbocycles. The molecule has 0 aliphatic carbocycles. The van der Waals surface area contributed by atoms with Crippen molar-refractivity contribution in [3.63, 3.8) is 0 Å². The number of nitrogen functional groups attached to an aromatic ring is 1. The van der Waals surface area contributed by atoms with Crippen LogP contribution in [0.4, 0.5) is 17.5 Å². The summed E-state index contributed by atoms with van der Waals surface area (Å²) in [6.45, 7) is 0. The van der Waals surface area contributed by atoms with Gasteiger partial charge in [-0.05, 0) is 29.7 Å². The molecule has 0 bridgehead atoms. The molecule has 0 radical (unpaired) electrons. The Morgan fingerprint density at radius 2 is 2.15 bits per heavy atom. The van der Waals surface area contributed by atoms with Crippen LogP contribution in [0.2, 0.25) is 0 Å². The van der Waals surface area contributed by atoms with Crippen LogP contribution in [0.25, 0.3) is 10.8 Å². The third kappa shape index (κ3) is 2.05. The molecule has 0 amide bonds. The minimum absolute atomic E-state index is 0.168. The molecule has 0 spiro atoms. The minimum atomic E-state index is -0.168. The highest BCUT2D eigenvalue weighted by Gasteiger charge is 2.08. The highest BCUT2D eigenvalue weighted by molar-refractivity contribution is 5.92. The topological polar surface area (TPSA) is 98.7 Å². The van der Waals surface area contributed by atoms with E-state index >= 15 is 0 Å². The second-order valence-corrected chi connectivity index (χ2v) is 4.32. The Bertz CT molecular complexity index is 827. The molecule has 3 N–H and O–H groups in total. The fourth-order valence-corrected chi connectivity index (χ4v) is 1.95. The van der Waals surface area contributed by atoms with Crippen LogP contribution in [0.15, 0.2) is 41.5 Å². The lowest BCUT2D eigenvalue weighted by Crippen LogP contribution is -2.17. The van der Waals surface area contributed by atoms with Crippen molar-refractivity contribution in [2.45, 2.75) is 0 Å². The van der Waals surface area contributed by atoms with E-state index in [0.29, 0.717) is 17.0 Å². The Labute approximate surface area is 114 Å². The summed E-state index contributed by atoms with van der Waals surface area (Å²) in [5.41, 5.74) is 5.71. The number of hydrogen-bond donors (Lipinski definition) is 2. The molecule has 0 saturated carbocycles. The highest BCUT2D eigenvalue weighted by atomic mass is 16.1. The summed E-state index contributed by atoms with van der Waals surface area (Å²) < 4.78 is 1.47. The van der Waals surface area contributed by atoms with Crippen molar-refractivity contribution in [1.82, 2.24) is 19.7 Å². The van der Waals surface area contributed by atoms with Crippen molar-refractivity contribution in [1.29, 1.82) is 0 Å². The van der Waals surface area contributed by atoms with Crippen molar-refractivity contribution in [2.75, 3.05) is 11.1 Å². The lowest BCUT2D eigenvalue weighted by Gasteiger charge is -2.08. The number of nitrogens with zero attached hydrogens (tertiary/aromatic N) is 4. The number of aromatic nitrogens is 4. The SMILES string of the molecule is Cn1ccc2cc(Nc3cccnn3)nc(N)c2c1=O. The molecule has 3 rings (SSSR count). The zero-order valence-corrected chi connectivity index (χ0v) is 10.7. The summed E-state index contributed by atoms with van der Waals surface area (Å²) in [6, 6.07) is 7.09. The predicted octanol–water partition coefficient (Wildman–Crippen LogP) is 1.05. The van der Waals surface area contributed by atoms with E-state index in [-0.39, 0.29) is 11.4 Å². The van der Waals surface area contributed by atoms with Gasteiger partial charge in [-0.2, -0.15) is 5.10 Å². The molecule has 0 fully saturated rings. The molecule has 3 aromatic rings. The highest BCUT2D eigenvalue weighted by Crippen LogP contribution is 2.21. The number of aryl methyl sites for hydroxylation is 1. The van der Waals surface area contributed by atoms with Crippen molar-refractivity contribution in [3.05, 3.63) is 47.0 Å². The Morgan fingerprint density at radius 3 is 2.90 bits per heavy atom. The summed E-state index contributed by atoms with van der Waals surface area (Å²) in [5.74, 6) is 1.27. The van der Waals surface area contributed by atoms with Gasteiger partial charge in [0.25, 0.3) is 5.56 Å². The van der Waals surface area contributed by atoms with Crippen molar-refractivity contribution >= 4 is 28.2 Å². The Balaban J connectivity index is 2.11. The van der Waals surface area contributed by atoms with Gasteiger partial charge in [0.1, 0.15) is 11.6 Å². The van der Waals surface area contributed by atoms with Crippen LogP contribution in [0.5, 0.6) is 0 Å². The number of nitrogens with one attached hydrogen (secondary N) is 1. The van der Waals surface area contributed by atoms with Gasteiger partial charge in [0, 0.05) is 19.4 Å². The summed E-state index contributed by atoms with van der Waals surface area (Å²) in [4.78, 5) is 16.2. The molecule has 0 atom stereocenters. The molecule has 0 aliphatic heterocycles. The average Bonchev–Trinajstić information content (AvgIpc) is 2.44. The van der Waals surface area contributed by atoms with Crippen LogP contribution < -0.4 is 16.6 Å². The molecule has 7 heteroatoms. The number of pyridine rings is 2. The van der Waals surface area contributed by atoms with Gasteiger partial charge in [-0.25, -0.2) is 4.98 Å². The summed E-state index contributed by atoms with van der Waals surface area (Å²) in [5, 5.41) is 11.8. The van der Waals surface area contributed by atoms with E-state index in [1.165, 1.54) is 4.57 Å². The molecule has 0 saturated heterocycles. The minimum Gasteiger partial charge on any atom is -0.383 e. The zero-order chi connectivity index (χ0) is 14.1. The molecular formula is C13H12N6O. The number of rotatable bonds is 2. The first-order valence-electron chi connectivity index (χ1n) is 5.96. The Morgan fingerprint density at radius 1 is 1.30 bits per heavy atom. The maximum absolute atomic E-state index is 12.0. The Kier molecular flexibility index (Phi) is 2.79. The third-order valence-corrected chi connectivity index (χ3v) is 2.92. The van der Waals surface area contributed by atoms with Crippen LogP contribution in [-0.4, -0.2) is 19.7 Å². The standard InChI is InChI=1S/C13H12N6O/c1-19-6-4-8-7-10(16-9-3-2-5-15-18-9)17-12(14)11(8)13(19)20/h2-7H,1H3,(H3,14,16,17,18). The van der Waals surface area contributed by atoms with Crippen molar-refractivity contribution < 1.29 is 0 Å². The largest absolute Gasteiger partial charge is 0.383 e. The van der Waals surface area contributed by atoms with Crippen LogP contribution in [0, 0.1) is 0 Å². The van der Waals surface area contributed by atoms with Gasteiger partial charge in [-0.3, -0.25) is 4.79 Å². The summed E-state index contributed by atoms with van der Waals surface area (Å²) in [7, 11) is 1.67. The third-order valence-electron chi connectivity index (χ3n) is 2.92. The fourth-order valence-electron chi connectivity index (χ4n) is 1.95. The second kappa shape index (κ2) is 4.61. The smallest absolute Gasteiger partial charge is 0.261 e. The molecular weight excluding hydrogens is 256 g/mol. The number of fused-ring (bicyclic) bond motifs is 1. The Hall–Kier alpha value is -2.96. The average molecular weight is 268 g/mol. The molecule has 7 nitrogen and oxygen atoms in total. The number of nitrogens with two attached hydrogens (primary N) is 1.